The zero-order chi connectivity index (χ0) is 12.2. The Morgan fingerprint density at radius 3 is 2.56 bits per heavy atom. The fourth-order valence-electron chi connectivity index (χ4n) is 1.14. The quantitative estimate of drug-likeness (QED) is 0.675. The fourth-order valence-corrected chi connectivity index (χ4v) is 2.28. The summed E-state index contributed by atoms with van der Waals surface area (Å²) in [7, 11) is 0.856. The molecule has 0 aliphatic heterocycles. The summed E-state index contributed by atoms with van der Waals surface area (Å²) in [5.41, 5.74) is 0. The molecule has 1 rings (SSSR count). The lowest BCUT2D eigenvalue weighted by Crippen LogP contribution is -2.35. The highest BCUT2D eigenvalue weighted by Gasteiger charge is 2.19. The van der Waals surface area contributed by atoms with Crippen molar-refractivity contribution in [1.29, 1.82) is 0 Å². The van der Waals surface area contributed by atoms with Gasteiger partial charge in [-0.05, 0) is 6.07 Å². The Balaban J connectivity index is 2.70. The smallest absolute Gasteiger partial charge is 0.257 e. The first kappa shape index (κ1) is 13.1. The van der Waals surface area contributed by atoms with E-state index in [-0.39, 0.29) is 11.6 Å². The number of hydrogen-bond acceptors (Lipinski definition) is 5. The molecule has 0 saturated carbocycles. The molecule has 0 radical (unpaired) electrons. The summed E-state index contributed by atoms with van der Waals surface area (Å²) in [6, 6.07) is 1.41. The van der Waals surface area contributed by atoms with Gasteiger partial charge in [0.2, 0.25) is 0 Å². The SMILES string of the molecule is COC(CNS(=O)(=O)c1ccnn1C)OC. The van der Waals surface area contributed by atoms with E-state index >= 15 is 0 Å². The molecule has 0 aliphatic rings. The van der Waals surface area contributed by atoms with Crippen LogP contribution < -0.4 is 4.72 Å². The second-order valence-corrected chi connectivity index (χ2v) is 4.76. The molecule has 0 aliphatic carbocycles. The first-order valence-corrected chi connectivity index (χ1v) is 6.03. The van der Waals surface area contributed by atoms with Crippen molar-refractivity contribution in [1.82, 2.24) is 14.5 Å². The second-order valence-electron chi connectivity index (χ2n) is 3.05. The van der Waals surface area contributed by atoms with Gasteiger partial charge in [0.05, 0.1) is 12.7 Å². The molecule has 0 fully saturated rings. The van der Waals surface area contributed by atoms with Gasteiger partial charge in [-0.25, -0.2) is 13.1 Å². The summed E-state index contributed by atoms with van der Waals surface area (Å²) < 4.78 is 36.9. The van der Waals surface area contributed by atoms with E-state index in [1.807, 2.05) is 0 Å². The van der Waals surface area contributed by atoms with E-state index in [9.17, 15) is 8.42 Å². The van der Waals surface area contributed by atoms with Crippen molar-refractivity contribution >= 4 is 10.0 Å². The monoisotopic (exact) mass is 249 g/mol. The summed E-state index contributed by atoms with van der Waals surface area (Å²) in [5.74, 6) is 0. The topological polar surface area (TPSA) is 82.5 Å². The van der Waals surface area contributed by atoms with Crippen LogP contribution in [0.25, 0.3) is 0 Å². The lowest BCUT2D eigenvalue weighted by molar-refractivity contribution is -0.0960. The van der Waals surface area contributed by atoms with Gasteiger partial charge in [-0.1, -0.05) is 0 Å². The molecule has 0 spiro atoms. The van der Waals surface area contributed by atoms with E-state index in [1.54, 1.807) is 7.05 Å². The van der Waals surface area contributed by atoms with Gasteiger partial charge in [-0.2, -0.15) is 5.10 Å². The third-order valence-electron chi connectivity index (χ3n) is 2.02. The van der Waals surface area contributed by atoms with Crippen molar-refractivity contribution in [3.05, 3.63) is 12.3 Å². The molecule has 0 atom stereocenters. The lowest BCUT2D eigenvalue weighted by atomic mass is 10.6. The van der Waals surface area contributed by atoms with Gasteiger partial charge >= 0.3 is 0 Å². The number of sulfonamides is 1. The molecule has 1 aromatic heterocycles. The molecule has 0 unspecified atom stereocenters. The molecule has 92 valence electrons. The lowest BCUT2D eigenvalue weighted by Gasteiger charge is -2.14. The normalized spacial score (nSPS) is 12.2. The van der Waals surface area contributed by atoms with Gasteiger partial charge < -0.3 is 9.47 Å². The summed E-state index contributed by atoms with van der Waals surface area (Å²) in [6.45, 7) is 0.0422. The van der Waals surface area contributed by atoms with E-state index in [0.29, 0.717) is 0 Å². The Bertz CT molecular complexity index is 424. The van der Waals surface area contributed by atoms with Crippen LogP contribution in [0, 0.1) is 0 Å². The molecule has 1 aromatic rings. The zero-order valence-corrected chi connectivity index (χ0v) is 10.2. The summed E-state index contributed by atoms with van der Waals surface area (Å²) in [4.78, 5) is 0. The van der Waals surface area contributed by atoms with Crippen molar-refractivity contribution in [3.8, 4) is 0 Å². The molecule has 0 amide bonds. The first-order chi connectivity index (χ1) is 7.51. The van der Waals surface area contributed by atoms with Crippen molar-refractivity contribution in [2.24, 2.45) is 7.05 Å². The van der Waals surface area contributed by atoms with Crippen LogP contribution in [-0.4, -0.2) is 45.3 Å². The molecule has 0 saturated heterocycles. The largest absolute Gasteiger partial charge is 0.355 e. The Kier molecular flexibility index (Phi) is 4.42. The van der Waals surface area contributed by atoms with Crippen molar-refractivity contribution < 1.29 is 17.9 Å². The number of ether oxygens (including phenoxy) is 2. The maximum absolute atomic E-state index is 11.8. The summed E-state index contributed by atoms with van der Waals surface area (Å²) in [5, 5.41) is 3.88. The zero-order valence-electron chi connectivity index (χ0n) is 9.37. The van der Waals surface area contributed by atoms with E-state index in [2.05, 4.69) is 9.82 Å². The van der Waals surface area contributed by atoms with Crippen molar-refractivity contribution in [3.63, 3.8) is 0 Å². The van der Waals surface area contributed by atoms with Crippen molar-refractivity contribution in [2.45, 2.75) is 11.3 Å². The first-order valence-electron chi connectivity index (χ1n) is 4.54. The van der Waals surface area contributed by atoms with Gasteiger partial charge in [0.1, 0.15) is 0 Å². The van der Waals surface area contributed by atoms with Crippen LogP contribution >= 0.6 is 0 Å². The Labute approximate surface area is 94.4 Å². The number of aryl methyl sites for hydroxylation is 1. The third-order valence-corrected chi connectivity index (χ3v) is 3.51. The molecule has 0 bridgehead atoms. The highest BCUT2D eigenvalue weighted by molar-refractivity contribution is 7.89. The highest BCUT2D eigenvalue weighted by Crippen LogP contribution is 2.05. The Morgan fingerprint density at radius 2 is 2.12 bits per heavy atom. The number of hydrogen-bond donors (Lipinski definition) is 1. The van der Waals surface area contributed by atoms with Crippen LogP contribution in [0.5, 0.6) is 0 Å². The molecular weight excluding hydrogens is 234 g/mol. The van der Waals surface area contributed by atoms with Gasteiger partial charge in [-0.3, -0.25) is 4.68 Å². The summed E-state index contributed by atoms with van der Waals surface area (Å²) >= 11 is 0. The molecule has 1 N–H and O–H groups in total. The highest BCUT2D eigenvalue weighted by atomic mass is 32.2. The van der Waals surface area contributed by atoms with Crippen LogP contribution in [0.15, 0.2) is 17.3 Å². The molecule has 8 heteroatoms. The minimum Gasteiger partial charge on any atom is -0.355 e. The predicted octanol–water partition coefficient (Wildman–Crippen LogP) is -0.683. The van der Waals surface area contributed by atoms with Crippen LogP contribution in [0.1, 0.15) is 0 Å². The Morgan fingerprint density at radius 1 is 1.50 bits per heavy atom. The minimum absolute atomic E-state index is 0.0422. The summed E-state index contributed by atoms with van der Waals surface area (Å²) in [6.07, 6.45) is 0.807. The number of rotatable bonds is 6. The van der Waals surface area contributed by atoms with E-state index < -0.39 is 16.3 Å². The van der Waals surface area contributed by atoms with Gasteiger partial charge in [0, 0.05) is 21.3 Å². The number of aromatic nitrogens is 2. The van der Waals surface area contributed by atoms with Crippen LogP contribution in [0.2, 0.25) is 0 Å². The van der Waals surface area contributed by atoms with Gasteiger partial charge in [-0.15, -0.1) is 0 Å². The maximum Gasteiger partial charge on any atom is 0.257 e. The number of nitrogens with zero attached hydrogens (tertiary/aromatic N) is 2. The van der Waals surface area contributed by atoms with Crippen molar-refractivity contribution in [2.75, 3.05) is 20.8 Å². The molecular formula is C8H15N3O4S. The predicted molar refractivity (Wildman–Crippen MR) is 56.2 cm³/mol. The van der Waals surface area contributed by atoms with Crippen LogP contribution in [-0.2, 0) is 26.5 Å². The third kappa shape index (κ3) is 3.01. The number of nitrogens with one attached hydrogen (secondary N) is 1. The molecule has 1 heterocycles. The molecule has 7 nitrogen and oxygen atoms in total. The van der Waals surface area contributed by atoms with E-state index in [1.165, 1.54) is 31.2 Å². The Hall–Kier alpha value is -0.960. The van der Waals surface area contributed by atoms with Crippen LogP contribution in [0.3, 0.4) is 0 Å². The number of methoxy groups -OCH3 is 2. The standard InChI is InChI=1S/C8H15N3O4S/c1-11-7(4-5-9-11)16(12,13)10-6-8(14-2)15-3/h4-5,8,10H,6H2,1-3H3. The van der Waals surface area contributed by atoms with Gasteiger partial charge in [0.25, 0.3) is 10.0 Å². The van der Waals surface area contributed by atoms with Crippen LogP contribution in [0.4, 0.5) is 0 Å². The van der Waals surface area contributed by atoms with Gasteiger partial charge in [0.15, 0.2) is 11.3 Å². The minimum atomic E-state index is -3.57. The molecule has 16 heavy (non-hydrogen) atoms. The fraction of sp³-hybridized carbons (Fsp3) is 0.625. The van der Waals surface area contributed by atoms with E-state index in [4.69, 9.17) is 9.47 Å². The average Bonchev–Trinajstić information content (AvgIpc) is 2.66. The second kappa shape index (κ2) is 5.39. The maximum atomic E-state index is 11.8. The molecule has 0 aromatic carbocycles. The van der Waals surface area contributed by atoms with E-state index in [0.717, 1.165) is 0 Å². The average molecular weight is 249 g/mol.